The lowest BCUT2D eigenvalue weighted by Gasteiger charge is -2.32. The van der Waals surface area contributed by atoms with Crippen LogP contribution in [0.3, 0.4) is 0 Å². The second-order valence-corrected chi connectivity index (χ2v) is 5.21. The van der Waals surface area contributed by atoms with Crippen molar-refractivity contribution in [2.24, 2.45) is 5.92 Å². The van der Waals surface area contributed by atoms with Crippen LogP contribution in [0.2, 0.25) is 0 Å². The third-order valence-electron chi connectivity index (χ3n) is 3.86. The van der Waals surface area contributed by atoms with Crippen molar-refractivity contribution in [3.63, 3.8) is 0 Å². The highest BCUT2D eigenvalue weighted by Gasteiger charge is 2.20. The number of rotatable bonds is 5. The van der Waals surface area contributed by atoms with Crippen LogP contribution < -0.4 is 10.1 Å². The fourth-order valence-electron chi connectivity index (χ4n) is 2.71. The Morgan fingerprint density at radius 2 is 2.11 bits per heavy atom. The summed E-state index contributed by atoms with van der Waals surface area (Å²) in [5, 5.41) is 3.23. The highest BCUT2D eigenvalue weighted by atomic mass is 19.1. The number of piperidine rings is 1. The normalized spacial score (nSPS) is 17.6. The molecule has 1 aliphatic heterocycles. The maximum Gasteiger partial charge on any atom is 0.169 e. The van der Waals surface area contributed by atoms with E-state index in [1.165, 1.54) is 20.0 Å². The van der Waals surface area contributed by atoms with Gasteiger partial charge in [0.25, 0.3) is 0 Å². The van der Waals surface area contributed by atoms with Gasteiger partial charge in [-0.2, -0.15) is 0 Å². The van der Waals surface area contributed by atoms with Crippen molar-refractivity contribution in [1.82, 2.24) is 10.2 Å². The van der Waals surface area contributed by atoms with E-state index in [0.717, 1.165) is 31.1 Å². The van der Waals surface area contributed by atoms with Gasteiger partial charge in [-0.25, -0.2) is 4.39 Å². The number of halogens is 1. The number of nitrogens with one attached hydrogen (secondary N) is 1. The van der Waals surface area contributed by atoms with Gasteiger partial charge >= 0.3 is 0 Å². The maximum atomic E-state index is 14.1. The maximum absolute atomic E-state index is 14.1. The zero-order valence-corrected chi connectivity index (χ0v) is 11.8. The Morgan fingerprint density at radius 1 is 1.37 bits per heavy atom. The highest BCUT2D eigenvalue weighted by Crippen LogP contribution is 2.23. The molecule has 0 radical (unpaired) electrons. The van der Waals surface area contributed by atoms with Crippen molar-refractivity contribution in [2.75, 3.05) is 33.8 Å². The first-order chi connectivity index (χ1) is 9.24. The van der Waals surface area contributed by atoms with Crippen LogP contribution in [0.15, 0.2) is 18.2 Å². The molecule has 106 valence electrons. The molecule has 0 aliphatic carbocycles. The Balaban J connectivity index is 1.92. The summed E-state index contributed by atoms with van der Waals surface area (Å²) in [7, 11) is 3.50. The van der Waals surface area contributed by atoms with Crippen molar-refractivity contribution in [1.29, 1.82) is 0 Å². The van der Waals surface area contributed by atoms with Crippen LogP contribution in [0.25, 0.3) is 0 Å². The zero-order valence-electron chi connectivity index (χ0n) is 11.8. The number of methoxy groups -OCH3 is 1. The van der Waals surface area contributed by atoms with Crippen LogP contribution >= 0.6 is 0 Å². The topological polar surface area (TPSA) is 24.5 Å². The van der Waals surface area contributed by atoms with E-state index in [4.69, 9.17) is 4.74 Å². The lowest BCUT2D eigenvalue weighted by molar-refractivity contribution is 0.174. The monoisotopic (exact) mass is 266 g/mol. The summed E-state index contributed by atoms with van der Waals surface area (Å²) < 4.78 is 19.1. The molecule has 0 spiro atoms. The van der Waals surface area contributed by atoms with E-state index in [2.05, 4.69) is 10.2 Å². The number of benzene rings is 1. The molecule has 1 aromatic carbocycles. The first-order valence-corrected chi connectivity index (χ1v) is 6.93. The van der Waals surface area contributed by atoms with E-state index in [9.17, 15) is 4.39 Å². The van der Waals surface area contributed by atoms with Crippen molar-refractivity contribution in [2.45, 2.75) is 19.4 Å². The Bertz CT molecular complexity index is 403. The van der Waals surface area contributed by atoms with Crippen molar-refractivity contribution < 1.29 is 9.13 Å². The standard InChI is InChI=1S/C15H23FN2O/c1-17-10-12-6-8-18(9-7-12)11-13-4-3-5-14(19-2)15(13)16/h3-5,12,17H,6-11H2,1-2H3. The van der Waals surface area contributed by atoms with Gasteiger partial charge in [-0.3, -0.25) is 4.90 Å². The second kappa shape index (κ2) is 6.87. The minimum Gasteiger partial charge on any atom is -0.494 e. The minimum absolute atomic E-state index is 0.220. The van der Waals surface area contributed by atoms with Gasteiger partial charge in [-0.15, -0.1) is 0 Å². The average Bonchev–Trinajstić information content (AvgIpc) is 2.43. The molecule has 2 rings (SSSR count). The first kappa shape index (κ1) is 14.3. The van der Waals surface area contributed by atoms with Gasteiger partial charge in [-0.05, 0) is 51.5 Å². The fourth-order valence-corrected chi connectivity index (χ4v) is 2.71. The Hall–Kier alpha value is -1.13. The molecule has 0 amide bonds. The predicted molar refractivity (Wildman–Crippen MR) is 74.9 cm³/mol. The molecule has 0 bridgehead atoms. The molecule has 1 N–H and O–H groups in total. The first-order valence-electron chi connectivity index (χ1n) is 6.93. The molecule has 0 atom stereocenters. The van der Waals surface area contributed by atoms with Gasteiger partial charge in [0.15, 0.2) is 11.6 Å². The zero-order chi connectivity index (χ0) is 13.7. The number of likely N-dealkylation sites (tertiary alicyclic amines) is 1. The van der Waals surface area contributed by atoms with Gasteiger partial charge in [0.05, 0.1) is 7.11 Å². The molecule has 0 aromatic heterocycles. The molecular weight excluding hydrogens is 243 g/mol. The average molecular weight is 266 g/mol. The third-order valence-corrected chi connectivity index (χ3v) is 3.86. The van der Waals surface area contributed by atoms with Crippen LogP contribution in [0.4, 0.5) is 4.39 Å². The molecule has 4 heteroatoms. The summed E-state index contributed by atoms with van der Waals surface area (Å²) in [5.74, 6) is 0.876. The van der Waals surface area contributed by atoms with Crippen LogP contribution in [0, 0.1) is 11.7 Å². The molecule has 1 aromatic rings. The van der Waals surface area contributed by atoms with E-state index < -0.39 is 0 Å². The van der Waals surface area contributed by atoms with Gasteiger partial charge < -0.3 is 10.1 Å². The summed E-state index contributed by atoms with van der Waals surface area (Å²) in [6, 6.07) is 5.36. The third kappa shape index (κ3) is 3.67. The van der Waals surface area contributed by atoms with Gasteiger partial charge in [0.2, 0.25) is 0 Å². The van der Waals surface area contributed by atoms with Gasteiger partial charge in [0.1, 0.15) is 0 Å². The summed E-state index contributed by atoms with van der Waals surface area (Å²) in [5.41, 5.74) is 0.728. The van der Waals surface area contributed by atoms with Crippen LogP contribution in [0.5, 0.6) is 5.75 Å². The quantitative estimate of drug-likeness (QED) is 0.885. The molecule has 19 heavy (non-hydrogen) atoms. The Labute approximate surface area is 114 Å². The van der Waals surface area contributed by atoms with E-state index in [1.807, 2.05) is 19.2 Å². The van der Waals surface area contributed by atoms with E-state index in [-0.39, 0.29) is 5.82 Å². The van der Waals surface area contributed by atoms with Crippen LogP contribution in [-0.4, -0.2) is 38.7 Å². The Morgan fingerprint density at radius 3 is 2.74 bits per heavy atom. The number of hydrogen-bond donors (Lipinski definition) is 1. The van der Waals surface area contributed by atoms with Crippen molar-refractivity contribution in [3.8, 4) is 5.75 Å². The molecule has 0 saturated carbocycles. The van der Waals surface area contributed by atoms with Crippen molar-refractivity contribution in [3.05, 3.63) is 29.6 Å². The molecule has 0 unspecified atom stereocenters. The minimum atomic E-state index is -0.220. The summed E-state index contributed by atoms with van der Waals surface area (Å²) in [4.78, 5) is 2.32. The molecular formula is C15H23FN2O. The lowest BCUT2D eigenvalue weighted by Crippen LogP contribution is -2.36. The predicted octanol–water partition coefficient (Wildman–Crippen LogP) is 2.27. The molecule has 1 fully saturated rings. The lowest BCUT2D eigenvalue weighted by atomic mass is 9.96. The van der Waals surface area contributed by atoms with Crippen LogP contribution in [-0.2, 0) is 6.54 Å². The summed E-state index contributed by atoms with van der Waals surface area (Å²) >= 11 is 0. The number of hydrogen-bond acceptors (Lipinski definition) is 3. The Kier molecular flexibility index (Phi) is 5.16. The smallest absolute Gasteiger partial charge is 0.169 e. The van der Waals surface area contributed by atoms with Crippen molar-refractivity contribution >= 4 is 0 Å². The summed E-state index contributed by atoms with van der Waals surface area (Å²) in [6.07, 6.45) is 2.37. The largest absolute Gasteiger partial charge is 0.494 e. The molecule has 1 aliphatic rings. The van der Waals surface area contributed by atoms with Gasteiger partial charge in [0, 0.05) is 12.1 Å². The van der Waals surface area contributed by atoms with Gasteiger partial charge in [-0.1, -0.05) is 12.1 Å². The fraction of sp³-hybridized carbons (Fsp3) is 0.600. The highest BCUT2D eigenvalue weighted by molar-refractivity contribution is 5.31. The molecule has 1 saturated heterocycles. The van der Waals surface area contributed by atoms with E-state index in [1.54, 1.807) is 6.07 Å². The summed E-state index contributed by atoms with van der Waals surface area (Å²) in [6.45, 7) is 3.85. The number of nitrogens with zero attached hydrogens (tertiary/aromatic N) is 1. The SMILES string of the molecule is CNCC1CCN(Cc2cccc(OC)c2F)CC1. The van der Waals surface area contributed by atoms with E-state index >= 15 is 0 Å². The second-order valence-electron chi connectivity index (χ2n) is 5.21. The molecule has 3 nitrogen and oxygen atoms in total. The molecule has 1 heterocycles. The van der Waals surface area contributed by atoms with Crippen LogP contribution in [0.1, 0.15) is 18.4 Å². The number of ether oxygens (including phenoxy) is 1. The van der Waals surface area contributed by atoms with E-state index in [0.29, 0.717) is 12.3 Å².